The number of rotatable bonds is 4. The highest BCUT2D eigenvalue weighted by Crippen LogP contribution is 2.26. The summed E-state index contributed by atoms with van der Waals surface area (Å²) in [5.41, 5.74) is 3.26. The molecule has 0 saturated heterocycles. The van der Waals surface area contributed by atoms with Gasteiger partial charge in [0.25, 0.3) is 0 Å². The fourth-order valence-electron chi connectivity index (χ4n) is 3.23. The first-order valence-corrected chi connectivity index (χ1v) is 8.99. The Kier molecular flexibility index (Phi) is 4.19. The van der Waals surface area contributed by atoms with Crippen molar-refractivity contribution in [3.05, 3.63) is 72.4 Å². The smallest absolute Gasteiger partial charge is 0.160 e. The van der Waals surface area contributed by atoms with Crippen LogP contribution in [-0.4, -0.2) is 9.97 Å². The SMILES string of the molecule is CCC(C)Cc1nc(-c2ccc3ccccc3c2)nc2ccccc12. The van der Waals surface area contributed by atoms with Gasteiger partial charge in [0.2, 0.25) is 0 Å². The molecule has 2 nitrogen and oxygen atoms in total. The monoisotopic (exact) mass is 326 g/mol. The van der Waals surface area contributed by atoms with Crippen LogP contribution in [0.5, 0.6) is 0 Å². The van der Waals surface area contributed by atoms with E-state index >= 15 is 0 Å². The number of hydrogen-bond acceptors (Lipinski definition) is 2. The highest BCUT2D eigenvalue weighted by molar-refractivity contribution is 5.88. The number of para-hydroxylation sites is 1. The van der Waals surface area contributed by atoms with Gasteiger partial charge < -0.3 is 0 Å². The van der Waals surface area contributed by atoms with Crippen LogP contribution < -0.4 is 0 Å². The maximum Gasteiger partial charge on any atom is 0.160 e. The van der Waals surface area contributed by atoms with Crippen LogP contribution in [0, 0.1) is 5.92 Å². The molecule has 0 aliphatic carbocycles. The first-order valence-electron chi connectivity index (χ1n) is 8.99. The zero-order valence-electron chi connectivity index (χ0n) is 14.7. The summed E-state index contributed by atoms with van der Waals surface area (Å²) in [5, 5.41) is 3.64. The molecule has 0 saturated carbocycles. The summed E-state index contributed by atoms with van der Waals surface area (Å²) in [7, 11) is 0. The minimum absolute atomic E-state index is 0.614. The van der Waals surface area contributed by atoms with Crippen molar-refractivity contribution in [1.82, 2.24) is 9.97 Å². The molecule has 4 aromatic rings. The van der Waals surface area contributed by atoms with E-state index < -0.39 is 0 Å². The summed E-state index contributed by atoms with van der Waals surface area (Å²) in [6, 6.07) is 23.2. The zero-order chi connectivity index (χ0) is 17.2. The highest BCUT2D eigenvalue weighted by atomic mass is 14.9. The largest absolute Gasteiger partial charge is 0.232 e. The second-order valence-corrected chi connectivity index (χ2v) is 6.79. The number of fused-ring (bicyclic) bond motifs is 2. The van der Waals surface area contributed by atoms with Crippen LogP contribution in [-0.2, 0) is 6.42 Å². The second-order valence-electron chi connectivity index (χ2n) is 6.79. The molecule has 0 N–H and O–H groups in total. The molecule has 1 aromatic heterocycles. The third-order valence-corrected chi connectivity index (χ3v) is 4.93. The molecule has 0 aliphatic rings. The fraction of sp³-hybridized carbons (Fsp3) is 0.217. The van der Waals surface area contributed by atoms with E-state index in [4.69, 9.17) is 9.97 Å². The van der Waals surface area contributed by atoms with Crippen LogP contribution in [0.25, 0.3) is 33.1 Å². The second kappa shape index (κ2) is 6.64. The molecule has 3 aromatic carbocycles. The van der Waals surface area contributed by atoms with Crippen molar-refractivity contribution >= 4 is 21.7 Å². The standard InChI is InChI=1S/C23H22N2/c1-3-16(2)14-22-20-10-6-7-11-21(20)24-23(25-22)19-13-12-17-8-4-5-9-18(17)15-19/h4-13,15-16H,3,14H2,1-2H3. The van der Waals surface area contributed by atoms with Crippen LogP contribution >= 0.6 is 0 Å². The Hall–Kier alpha value is -2.74. The maximum atomic E-state index is 4.95. The van der Waals surface area contributed by atoms with Crippen molar-refractivity contribution < 1.29 is 0 Å². The predicted molar refractivity (Wildman–Crippen MR) is 106 cm³/mol. The lowest BCUT2D eigenvalue weighted by Crippen LogP contribution is -2.04. The Balaban J connectivity index is 1.88. The number of nitrogens with zero attached hydrogens (tertiary/aromatic N) is 2. The first-order chi connectivity index (χ1) is 12.2. The van der Waals surface area contributed by atoms with Crippen molar-refractivity contribution in [1.29, 1.82) is 0 Å². The molecular formula is C23H22N2. The van der Waals surface area contributed by atoms with E-state index in [1.54, 1.807) is 0 Å². The van der Waals surface area contributed by atoms with E-state index in [2.05, 4.69) is 74.5 Å². The summed E-state index contributed by atoms with van der Waals surface area (Å²) in [6.07, 6.45) is 2.14. The van der Waals surface area contributed by atoms with Crippen molar-refractivity contribution in [3.8, 4) is 11.4 Å². The minimum atomic E-state index is 0.614. The molecule has 25 heavy (non-hydrogen) atoms. The van der Waals surface area contributed by atoms with E-state index in [-0.39, 0.29) is 0 Å². The third-order valence-electron chi connectivity index (χ3n) is 4.93. The topological polar surface area (TPSA) is 25.8 Å². The van der Waals surface area contributed by atoms with E-state index in [1.807, 2.05) is 6.07 Å². The molecule has 0 radical (unpaired) electrons. The van der Waals surface area contributed by atoms with Gasteiger partial charge in [-0.3, -0.25) is 0 Å². The molecule has 0 aliphatic heterocycles. The van der Waals surface area contributed by atoms with Crippen molar-refractivity contribution in [2.24, 2.45) is 5.92 Å². The molecule has 4 rings (SSSR count). The lowest BCUT2D eigenvalue weighted by molar-refractivity contribution is 0.555. The Morgan fingerprint density at radius 3 is 2.44 bits per heavy atom. The van der Waals surface area contributed by atoms with E-state index in [9.17, 15) is 0 Å². The predicted octanol–water partition coefficient (Wildman–Crippen LogP) is 6.04. The number of hydrogen-bond donors (Lipinski definition) is 0. The fourth-order valence-corrected chi connectivity index (χ4v) is 3.23. The van der Waals surface area contributed by atoms with Crippen LogP contribution in [0.3, 0.4) is 0 Å². The molecule has 0 bridgehead atoms. The summed E-state index contributed by atoms with van der Waals surface area (Å²) in [4.78, 5) is 9.79. The van der Waals surface area contributed by atoms with Crippen LogP contribution in [0.15, 0.2) is 66.7 Å². The van der Waals surface area contributed by atoms with Gasteiger partial charge in [0.1, 0.15) is 0 Å². The first kappa shape index (κ1) is 15.8. The average Bonchev–Trinajstić information content (AvgIpc) is 2.67. The summed E-state index contributed by atoms with van der Waals surface area (Å²) in [6.45, 7) is 4.52. The van der Waals surface area contributed by atoms with Gasteiger partial charge in [-0.1, -0.05) is 74.9 Å². The third kappa shape index (κ3) is 3.12. The van der Waals surface area contributed by atoms with E-state index in [0.717, 1.165) is 35.4 Å². The molecule has 1 heterocycles. The lowest BCUT2D eigenvalue weighted by atomic mass is 9.99. The Morgan fingerprint density at radius 2 is 1.60 bits per heavy atom. The van der Waals surface area contributed by atoms with Crippen molar-refractivity contribution in [3.63, 3.8) is 0 Å². The Bertz CT molecular complexity index is 1040. The van der Waals surface area contributed by atoms with E-state index in [1.165, 1.54) is 16.2 Å². The molecule has 0 amide bonds. The molecule has 1 unspecified atom stereocenters. The molecular weight excluding hydrogens is 304 g/mol. The Labute approximate surface area is 148 Å². The molecule has 0 fully saturated rings. The van der Waals surface area contributed by atoms with Gasteiger partial charge in [0, 0.05) is 10.9 Å². The van der Waals surface area contributed by atoms with Gasteiger partial charge in [-0.2, -0.15) is 0 Å². The van der Waals surface area contributed by atoms with Crippen LogP contribution in [0.4, 0.5) is 0 Å². The normalized spacial score (nSPS) is 12.6. The summed E-state index contributed by atoms with van der Waals surface area (Å²) in [5.74, 6) is 1.44. The van der Waals surface area contributed by atoms with Gasteiger partial charge in [-0.25, -0.2) is 9.97 Å². The molecule has 1 atom stereocenters. The van der Waals surface area contributed by atoms with E-state index in [0.29, 0.717) is 5.92 Å². The zero-order valence-corrected chi connectivity index (χ0v) is 14.7. The van der Waals surface area contributed by atoms with Crippen LogP contribution in [0.2, 0.25) is 0 Å². The van der Waals surface area contributed by atoms with Crippen LogP contribution in [0.1, 0.15) is 26.0 Å². The van der Waals surface area contributed by atoms with Gasteiger partial charge in [0.15, 0.2) is 5.82 Å². The van der Waals surface area contributed by atoms with Crippen molar-refractivity contribution in [2.45, 2.75) is 26.7 Å². The number of aromatic nitrogens is 2. The van der Waals surface area contributed by atoms with Gasteiger partial charge in [0.05, 0.1) is 11.2 Å². The van der Waals surface area contributed by atoms with Gasteiger partial charge in [-0.05, 0) is 35.2 Å². The summed E-state index contributed by atoms with van der Waals surface area (Å²) < 4.78 is 0. The molecule has 0 spiro atoms. The molecule has 124 valence electrons. The summed E-state index contributed by atoms with van der Waals surface area (Å²) >= 11 is 0. The highest BCUT2D eigenvalue weighted by Gasteiger charge is 2.12. The van der Waals surface area contributed by atoms with Gasteiger partial charge in [-0.15, -0.1) is 0 Å². The average molecular weight is 326 g/mol. The quantitative estimate of drug-likeness (QED) is 0.457. The van der Waals surface area contributed by atoms with Crippen molar-refractivity contribution in [2.75, 3.05) is 0 Å². The number of benzene rings is 3. The Morgan fingerprint density at radius 1 is 0.840 bits per heavy atom. The lowest BCUT2D eigenvalue weighted by Gasteiger charge is -2.12. The minimum Gasteiger partial charge on any atom is -0.232 e. The molecule has 2 heteroatoms. The van der Waals surface area contributed by atoms with Gasteiger partial charge >= 0.3 is 0 Å². The maximum absolute atomic E-state index is 4.95.